The van der Waals surface area contributed by atoms with E-state index >= 15 is 0 Å². The van der Waals surface area contributed by atoms with Crippen LogP contribution in [0.2, 0.25) is 0 Å². The summed E-state index contributed by atoms with van der Waals surface area (Å²) in [4.78, 5) is 20.0. The molecular weight excluding hydrogens is 348 g/mol. The van der Waals surface area contributed by atoms with E-state index < -0.39 is 0 Å². The van der Waals surface area contributed by atoms with Crippen LogP contribution in [-0.2, 0) is 6.42 Å². The summed E-state index contributed by atoms with van der Waals surface area (Å²) in [6, 6.07) is 5.77. The summed E-state index contributed by atoms with van der Waals surface area (Å²) in [6.45, 7) is 4.62. The van der Waals surface area contributed by atoms with Crippen LogP contribution in [0.1, 0.15) is 5.56 Å². The lowest BCUT2D eigenvalue weighted by Gasteiger charge is -2.25. The van der Waals surface area contributed by atoms with Crippen LogP contribution in [0, 0.1) is 0 Å². The average molecular weight is 377 g/mol. The molecule has 2 heterocycles. The zero-order valence-corrected chi connectivity index (χ0v) is 16.4. The predicted molar refractivity (Wildman–Crippen MR) is 108 cm³/mol. The third-order valence-electron chi connectivity index (χ3n) is 4.58. The number of H-pyrrole nitrogens is 1. The molecule has 1 fully saturated rings. The standard InChI is InChI=1S/C19H28N4O2S/c1-22(2)8-6-15-14-21-16-4-3-5-17(18(15)16)25-19(24)20-7-9-23-10-12-26-13-11-23/h3-5,14,21H,6-13H2,1-2H3,(H,20,24). The Bertz CT molecular complexity index is 725. The van der Waals surface area contributed by atoms with Gasteiger partial charge in [0, 0.05) is 61.3 Å². The zero-order valence-electron chi connectivity index (χ0n) is 15.6. The average Bonchev–Trinajstić information content (AvgIpc) is 3.05. The summed E-state index contributed by atoms with van der Waals surface area (Å²) in [5.41, 5.74) is 2.16. The molecule has 0 bridgehead atoms. The molecule has 1 amide bonds. The number of carbonyl (C=O) groups is 1. The molecule has 0 spiro atoms. The third-order valence-corrected chi connectivity index (χ3v) is 5.52. The van der Waals surface area contributed by atoms with Gasteiger partial charge in [-0.25, -0.2) is 4.79 Å². The van der Waals surface area contributed by atoms with Gasteiger partial charge in [-0.3, -0.25) is 4.90 Å². The molecule has 26 heavy (non-hydrogen) atoms. The van der Waals surface area contributed by atoms with Gasteiger partial charge in [0.1, 0.15) is 5.75 Å². The largest absolute Gasteiger partial charge is 0.412 e. The monoisotopic (exact) mass is 376 g/mol. The van der Waals surface area contributed by atoms with Crippen molar-refractivity contribution < 1.29 is 9.53 Å². The second-order valence-corrected chi connectivity index (χ2v) is 8.04. The first-order valence-corrected chi connectivity index (χ1v) is 10.3. The Labute approximate surface area is 159 Å². The molecule has 2 aromatic rings. The van der Waals surface area contributed by atoms with Gasteiger partial charge in [-0.15, -0.1) is 0 Å². The van der Waals surface area contributed by atoms with E-state index in [1.54, 1.807) is 0 Å². The fraction of sp³-hybridized carbons (Fsp3) is 0.526. The second kappa shape index (κ2) is 9.30. The van der Waals surface area contributed by atoms with E-state index in [9.17, 15) is 4.79 Å². The minimum atomic E-state index is -0.386. The Morgan fingerprint density at radius 2 is 2.15 bits per heavy atom. The number of ether oxygens (including phenoxy) is 1. The van der Waals surface area contributed by atoms with E-state index in [0.29, 0.717) is 12.3 Å². The molecule has 3 rings (SSSR count). The summed E-state index contributed by atoms with van der Waals surface area (Å²) in [6.07, 6.45) is 2.53. The molecule has 0 unspecified atom stereocenters. The molecule has 2 N–H and O–H groups in total. The number of hydrogen-bond acceptors (Lipinski definition) is 5. The minimum Gasteiger partial charge on any atom is -0.410 e. The second-order valence-electron chi connectivity index (χ2n) is 6.82. The van der Waals surface area contributed by atoms with E-state index in [1.807, 2.05) is 36.2 Å². The quantitative estimate of drug-likeness (QED) is 0.777. The lowest BCUT2D eigenvalue weighted by molar-refractivity contribution is 0.198. The molecule has 1 aromatic carbocycles. The first-order chi connectivity index (χ1) is 12.6. The molecule has 1 aliphatic heterocycles. The minimum absolute atomic E-state index is 0.386. The normalized spacial score (nSPS) is 15.5. The van der Waals surface area contributed by atoms with Crippen molar-refractivity contribution in [2.45, 2.75) is 6.42 Å². The summed E-state index contributed by atoms with van der Waals surface area (Å²) in [5, 5.41) is 3.87. The van der Waals surface area contributed by atoms with Gasteiger partial charge >= 0.3 is 6.09 Å². The van der Waals surface area contributed by atoms with Crippen LogP contribution in [-0.4, -0.2) is 79.2 Å². The number of likely N-dealkylation sites (N-methyl/N-ethyl adjacent to an activating group) is 1. The van der Waals surface area contributed by atoms with Gasteiger partial charge in [0.25, 0.3) is 0 Å². The van der Waals surface area contributed by atoms with Crippen LogP contribution >= 0.6 is 11.8 Å². The van der Waals surface area contributed by atoms with Crippen molar-refractivity contribution >= 4 is 28.8 Å². The topological polar surface area (TPSA) is 60.6 Å². The summed E-state index contributed by atoms with van der Waals surface area (Å²) in [7, 11) is 4.11. The number of nitrogens with zero attached hydrogens (tertiary/aromatic N) is 2. The van der Waals surface area contributed by atoms with Crippen molar-refractivity contribution in [1.29, 1.82) is 0 Å². The summed E-state index contributed by atoms with van der Waals surface area (Å²) in [5.74, 6) is 2.97. The van der Waals surface area contributed by atoms with E-state index in [-0.39, 0.29) is 6.09 Å². The van der Waals surface area contributed by atoms with Gasteiger partial charge in [0.15, 0.2) is 0 Å². The van der Waals surface area contributed by atoms with E-state index in [0.717, 1.165) is 43.5 Å². The SMILES string of the molecule is CN(C)CCc1c[nH]c2cccc(OC(=O)NCCN3CCSCC3)c12. The number of benzene rings is 1. The molecule has 1 aromatic heterocycles. The molecule has 0 aliphatic carbocycles. The van der Waals surface area contributed by atoms with Gasteiger partial charge in [0.05, 0.1) is 0 Å². The summed E-state index contributed by atoms with van der Waals surface area (Å²) < 4.78 is 5.62. The highest BCUT2D eigenvalue weighted by atomic mass is 32.2. The number of aromatic nitrogens is 1. The molecule has 0 atom stereocenters. The Morgan fingerprint density at radius 1 is 1.35 bits per heavy atom. The highest BCUT2D eigenvalue weighted by molar-refractivity contribution is 7.99. The number of fused-ring (bicyclic) bond motifs is 1. The Hall–Kier alpha value is -1.70. The highest BCUT2D eigenvalue weighted by Gasteiger charge is 2.14. The van der Waals surface area contributed by atoms with Gasteiger partial charge in [0.2, 0.25) is 0 Å². The van der Waals surface area contributed by atoms with Crippen molar-refractivity contribution in [2.75, 3.05) is 58.3 Å². The van der Waals surface area contributed by atoms with Crippen molar-refractivity contribution in [3.63, 3.8) is 0 Å². The number of thioether (sulfide) groups is 1. The smallest absolute Gasteiger partial charge is 0.410 e. The van der Waals surface area contributed by atoms with Crippen LogP contribution in [0.25, 0.3) is 10.9 Å². The third kappa shape index (κ3) is 5.16. The van der Waals surface area contributed by atoms with Gasteiger partial charge in [-0.1, -0.05) is 6.07 Å². The van der Waals surface area contributed by atoms with Crippen molar-refractivity contribution in [3.05, 3.63) is 30.0 Å². The van der Waals surface area contributed by atoms with Gasteiger partial charge in [-0.05, 0) is 38.2 Å². The molecule has 7 heteroatoms. The molecule has 6 nitrogen and oxygen atoms in total. The maximum absolute atomic E-state index is 12.2. The van der Waals surface area contributed by atoms with E-state index in [2.05, 4.69) is 34.2 Å². The number of rotatable bonds is 7. The van der Waals surface area contributed by atoms with Crippen molar-refractivity contribution in [3.8, 4) is 5.75 Å². The van der Waals surface area contributed by atoms with Crippen LogP contribution in [0.3, 0.4) is 0 Å². The lowest BCUT2D eigenvalue weighted by atomic mass is 10.1. The van der Waals surface area contributed by atoms with Crippen LogP contribution in [0.4, 0.5) is 4.79 Å². The highest BCUT2D eigenvalue weighted by Crippen LogP contribution is 2.29. The Kier molecular flexibility index (Phi) is 6.82. The zero-order chi connectivity index (χ0) is 18.4. The molecular formula is C19H28N4O2S. The number of hydrogen-bond donors (Lipinski definition) is 2. The maximum Gasteiger partial charge on any atom is 0.412 e. The predicted octanol–water partition coefficient (Wildman–Crippen LogP) is 2.41. The van der Waals surface area contributed by atoms with Crippen LogP contribution < -0.4 is 10.1 Å². The fourth-order valence-corrected chi connectivity index (χ4v) is 4.10. The van der Waals surface area contributed by atoms with Crippen LogP contribution in [0.15, 0.2) is 24.4 Å². The first-order valence-electron chi connectivity index (χ1n) is 9.13. The molecule has 0 saturated carbocycles. The molecule has 1 saturated heterocycles. The molecule has 1 aliphatic rings. The van der Waals surface area contributed by atoms with Gasteiger partial charge in [-0.2, -0.15) is 11.8 Å². The first kappa shape index (κ1) is 19.1. The number of carbonyl (C=O) groups excluding carboxylic acids is 1. The van der Waals surface area contributed by atoms with Crippen LogP contribution in [0.5, 0.6) is 5.75 Å². The van der Waals surface area contributed by atoms with Crippen molar-refractivity contribution in [1.82, 2.24) is 20.1 Å². The Balaban J connectivity index is 1.58. The number of aromatic amines is 1. The molecule has 142 valence electrons. The van der Waals surface area contributed by atoms with E-state index in [4.69, 9.17) is 4.74 Å². The lowest BCUT2D eigenvalue weighted by Crippen LogP contribution is -2.39. The molecule has 0 radical (unpaired) electrons. The van der Waals surface area contributed by atoms with Gasteiger partial charge < -0.3 is 19.9 Å². The van der Waals surface area contributed by atoms with Crippen molar-refractivity contribution in [2.24, 2.45) is 0 Å². The Morgan fingerprint density at radius 3 is 2.92 bits per heavy atom. The van der Waals surface area contributed by atoms with E-state index in [1.165, 1.54) is 17.1 Å². The summed E-state index contributed by atoms with van der Waals surface area (Å²) >= 11 is 1.99. The number of amides is 1. The maximum atomic E-state index is 12.2. The fourth-order valence-electron chi connectivity index (χ4n) is 3.12. The number of nitrogens with one attached hydrogen (secondary N) is 2.